The fraction of sp³-hybridized carbons (Fsp3) is 0.143. The number of hydrogen-bond acceptors (Lipinski definition) is 2. The van der Waals surface area contributed by atoms with Crippen molar-refractivity contribution >= 4 is 28.5 Å². The smallest absolute Gasteiger partial charge is 0.403 e. The highest BCUT2D eigenvalue weighted by Gasteiger charge is 2.24. The Labute approximate surface area is 115 Å². The molecule has 1 heterocycles. The Hall–Kier alpha value is -1.10. The largest absolute Gasteiger partial charge is 0.494 e. The molecule has 0 saturated carbocycles. The lowest BCUT2D eigenvalue weighted by molar-refractivity contribution is 0.210. The Morgan fingerprint density at radius 1 is 0.833 bits per heavy atom. The van der Waals surface area contributed by atoms with Gasteiger partial charge in [0.1, 0.15) is 0 Å². The van der Waals surface area contributed by atoms with E-state index in [9.17, 15) is 0 Å². The summed E-state index contributed by atoms with van der Waals surface area (Å²) in [5, 5.41) is 0. The Morgan fingerprint density at radius 3 is 1.94 bits per heavy atom. The van der Waals surface area contributed by atoms with E-state index in [0.29, 0.717) is 13.2 Å². The topological polar surface area (TPSA) is 18.5 Å². The third-order valence-electron chi connectivity index (χ3n) is 3.04. The minimum Gasteiger partial charge on any atom is -0.403 e. The van der Waals surface area contributed by atoms with E-state index in [1.807, 2.05) is 36.4 Å². The summed E-state index contributed by atoms with van der Waals surface area (Å²) in [6, 6.07) is 16.3. The van der Waals surface area contributed by atoms with E-state index in [1.54, 1.807) is 0 Å². The second kappa shape index (κ2) is 5.27. The van der Waals surface area contributed by atoms with Crippen molar-refractivity contribution in [1.82, 2.24) is 0 Å². The average Bonchev–Trinajstić information content (AvgIpc) is 2.62. The van der Waals surface area contributed by atoms with Crippen molar-refractivity contribution in [1.29, 1.82) is 0 Å². The molecule has 2 nitrogen and oxygen atoms in total. The molecule has 0 bridgehead atoms. The lowest BCUT2D eigenvalue weighted by atomic mass is 9.79. The lowest BCUT2D eigenvalue weighted by Gasteiger charge is -2.10. The second-order valence-corrected chi connectivity index (χ2v) is 5.19. The Bertz CT molecular complexity index is 515. The fourth-order valence-corrected chi connectivity index (χ4v) is 2.29. The SMILES string of the molecule is Brc1ccc(B2OCc3ccccc3CO2)cc1. The standard InChI is InChI=1S/C14H12BBrO2/c16-14-7-5-13(6-8-14)15-17-9-11-3-1-2-4-12(11)10-18-15/h1-8H,9-10H2. The van der Waals surface area contributed by atoms with Crippen molar-refractivity contribution in [3.05, 3.63) is 64.1 Å². The fourth-order valence-electron chi connectivity index (χ4n) is 2.03. The van der Waals surface area contributed by atoms with Crippen molar-refractivity contribution < 1.29 is 9.31 Å². The summed E-state index contributed by atoms with van der Waals surface area (Å²) in [4.78, 5) is 0. The van der Waals surface area contributed by atoms with Crippen molar-refractivity contribution in [2.75, 3.05) is 0 Å². The van der Waals surface area contributed by atoms with E-state index in [0.717, 1.165) is 9.94 Å². The molecule has 3 rings (SSSR count). The van der Waals surface area contributed by atoms with Gasteiger partial charge in [0.2, 0.25) is 0 Å². The number of benzene rings is 2. The summed E-state index contributed by atoms with van der Waals surface area (Å²) in [7, 11) is -0.287. The number of fused-ring (bicyclic) bond motifs is 1. The van der Waals surface area contributed by atoms with Gasteiger partial charge in [-0.25, -0.2) is 0 Å². The van der Waals surface area contributed by atoms with Crippen LogP contribution in [0.5, 0.6) is 0 Å². The van der Waals surface area contributed by atoms with E-state index >= 15 is 0 Å². The summed E-state index contributed by atoms with van der Waals surface area (Å²) in [5.74, 6) is 0. The third-order valence-corrected chi connectivity index (χ3v) is 3.57. The highest BCUT2D eigenvalue weighted by atomic mass is 79.9. The molecule has 1 aliphatic heterocycles. The zero-order chi connectivity index (χ0) is 12.4. The van der Waals surface area contributed by atoms with Gasteiger partial charge in [-0.1, -0.05) is 52.3 Å². The van der Waals surface area contributed by atoms with Gasteiger partial charge in [0.25, 0.3) is 0 Å². The number of hydrogen-bond donors (Lipinski definition) is 0. The third kappa shape index (κ3) is 2.51. The summed E-state index contributed by atoms with van der Waals surface area (Å²) < 4.78 is 12.7. The van der Waals surface area contributed by atoms with Crippen molar-refractivity contribution in [3.63, 3.8) is 0 Å². The first kappa shape index (κ1) is 12.0. The molecule has 0 aromatic heterocycles. The van der Waals surface area contributed by atoms with Gasteiger partial charge in [0.15, 0.2) is 0 Å². The van der Waals surface area contributed by atoms with Gasteiger partial charge in [-0.15, -0.1) is 0 Å². The van der Waals surface area contributed by atoms with Gasteiger partial charge < -0.3 is 9.31 Å². The number of halogens is 1. The first-order valence-corrected chi connectivity index (χ1v) is 6.68. The average molecular weight is 303 g/mol. The van der Waals surface area contributed by atoms with Crippen molar-refractivity contribution in [2.24, 2.45) is 0 Å². The molecule has 2 aromatic rings. The van der Waals surface area contributed by atoms with Crippen LogP contribution >= 0.6 is 15.9 Å². The maximum atomic E-state index is 5.82. The minimum atomic E-state index is -0.287. The molecule has 0 saturated heterocycles. The van der Waals surface area contributed by atoms with Crippen LogP contribution in [-0.4, -0.2) is 7.12 Å². The summed E-state index contributed by atoms with van der Waals surface area (Å²) in [6.45, 7) is 1.19. The molecule has 90 valence electrons. The molecule has 0 unspecified atom stereocenters. The Kier molecular flexibility index (Phi) is 3.50. The van der Waals surface area contributed by atoms with Crippen LogP contribution in [0.2, 0.25) is 0 Å². The van der Waals surface area contributed by atoms with E-state index in [-0.39, 0.29) is 7.12 Å². The van der Waals surface area contributed by atoms with Crippen LogP contribution in [0.4, 0.5) is 0 Å². The van der Waals surface area contributed by atoms with Crippen LogP contribution in [-0.2, 0) is 22.5 Å². The van der Waals surface area contributed by atoms with Gasteiger partial charge in [-0.3, -0.25) is 0 Å². The van der Waals surface area contributed by atoms with Gasteiger partial charge in [0.05, 0.1) is 13.2 Å². The van der Waals surface area contributed by atoms with Gasteiger partial charge >= 0.3 is 7.12 Å². The maximum absolute atomic E-state index is 5.82. The summed E-state index contributed by atoms with van der Waals surface area (Å²) in [6.07, 6.45) is 0. The van der Waals surface area contributed by atoms with Crippen molar-refractivity contribution in [2.45, 2.75) is 13.2 Å². The predicted molar refractivity (Wildman–Crippen MR) is 75.6 cm³/mol. The van der Waals surface area contributed by atoms with Crippen LogP contribution in [0.1, 0.15) is 11.1 Å². The first-order chi connectivity index (χ1) is 8.83. The molecule has 0 fully saturated rings. The van der Waals surface area contributed by atoms with Crippen LogP contribution < -0.4 is 5.46 Å². The van der Waals surface area contributed by atoms with Crippen molar-refractivity contribution in [3.8, 4) is 0 Å². The van der Waals surface area contributed by atoms with Gasteiger partial charge in [-0.2, -0.15) is 0 Å². The molecule has 4 heteroatoms. The number of rotatable bonds is 1. The maximum Gasteiger partial charge on any atom is 0.494 e. The molecule has 0 spiro atoms. The molecule has 18 heavy (non-hydrogen) atoms. The molecular weight excluding hydrogens is 291 g/mol. The van der Waals surface area contributed by atoms with E-state index in [1.165, 1.54) is 11.1 Å². The minimum absolute atomic E-state index is 0.287. The monoisotopic (exact) mass is 302 g/mol. The molecule has 1 aliphatic rings. The summed E-state index contributed by atoms with van der Waals surface area (Å²) in [5.41, 5.74) is 3.46. The molecule has 0 amide bonds. The molecule has 0 N–H and O–H groups in total. The zero-order valence-corrected chi connectivity index (χ0v) is 11.4. The zero-order valence-electron chi connectivity index (χ0n) is 9.80. The van der Waals surface area contributed by atoms with Gasteiger partial charge in [0, 0.05) is 4.47 Å². The van der Waals surface area contributed by atoms with Crippen LogP contribution in [0.15, 0.2) is 53.0 Å². The van der Waals surface area contributed by atoms with E-state index in [4.69, 9.17) is 9.31 Å². The summed E-state index contributed by atoms with van der Waals surface area (Å²) >= 11 is 3.43. The lowest BCUT2D eigenvalue weighted by Crippen LogP contribution is -2.35. The second-order valence-electron chi connectivity index (χ2n) is 4.27. The highest BCUT2D eigenvalue weighted by molar-refractivity contribution is 9.10. The first-order valence-electron chi connectivity index (χ1n) is 5.88. The highest BCUT2D eigenvalue weighted by Crippen LogP contribution is 2.17. The van der Waals surface area contributed by atoms with Crippen LogP contribution in [0.3, 0.4) is 0 Å². The normalized spacial score (nSPS) is 15.1. The molecular formula is C14H12BBrO2. The molecule has 0 radical (unpaired) electrons. The quantitative estimate of drug-likeness (QED) is 0.754. The Balaban J connectivity index is 1.80. The van der Waals surface area contributed by atoms with Gasteiger partial charge in [-0.05, 0) is 28.7 Å². The Morgan fingerprint density at radius 2 is 1.39 bits per heavy atom. The molecule has 0 atom stereocenters. The van der Waals surface area contributed by atoms with Crippen LogP contribution in [0.25, 0.3) is 0 Å². The van der Waals surface area contributed by atoms with E-state index < -0.39 is 0 Å². The van der Waals surface area contributed by atoms with Crippen LogP contribution in [0, 0.1) is 0 Å². The molecule has 2 aromatic carbocycles. The molecule has 0 aliphatic carbocycles. The predicted octanol–water partition coefficient (Wildman–Crippen LogP) is 2.89. The van der Waals surface area contributed by atoms with E-state index in [2.05, 4.69) is 28.1 Å².